The highest BCUT2D eigenvalue weighted by molar-refractivity contribution is 7.92. The monoisotopic (exact) mass is 516 g/mol. The molecule has 1 amide bonds. The van der Waals surface area contributed by atoms with Crippen LogP contribution in [0.4, 0.5) is 24.5 Å². The van der Waals surface area contributed by atoms with E-state index in [1.807, 2.05) is 13.8 Å². The number of carbonyl (C=O) groups is 1. The van der Waals surface area contributed by atoms with Gasteiger partial charge in [0.15, 0.2) is 0 Å². The average molecular weight is 517 g/mol. The third kappa shape index (κ3) is 7.01. The summed E-state index contributed by atoms with van der Waals surface area (Å²) in [6.07, 6.45) is -4.92. The van der Waals surface area contributed by atoms with Crippen molar-refractivity contribution in [1.29, 1.82) is 0 Å². The van der Waals surface area contributed by atoms with Crippen LogP contribution in [0.15, 0.2) is 47.4 Å². The molecule has 2 aromatic rings. The van der Waals surface area contributed by atoms with Gasteiger partial charge in [-0.1, -0.05) is 19.9 Å². The molecular formula is C23H27F3N2O6S. The number of anilines is 2. The Kier molecular flexibility index (Phi) is 8.16. The SMILES string of the molecule is CCOc1cc(NC(=O)[C@H]2[C@H](C)COC[C@@H]2C)ccc1S(=O)(=O)Nc1cccc(OC(F)(F)F)c1. The number of nitrogens with one attached hydrogen (secondary N) is 2. The molecule has 12 heteroatoms. The maximum absolute atomic E-state index is 13.0. The molecule has 0 aliphatic carbocycles. The lowest BCUT2D eigenvalue weighted by atomic mass is 9.81. The van der Waals surface area contributed by atoms with Gasteiger partial charge in [-0.2, -0.15) is 0 Å². The van der Waals surface area contributed by atoms with E-state index in [1.165, 1.54) is 30.3 Å². The maximum Gasteiger partial charge on any atom is 0.573 e. The minimum atomic E-state index is -4.92. The molecular weight excluding hydrogens is 489 g/mol. The van der Waals surface area contributed by atoms with Gasteiger partial charge in [0.1, 0.15) is 16.4 Å². The normalized spacial score (nSPS) is 20.7. The summed E-state index contributed by atoms with van der Waals surface area (Å²) in [6.45, 7) is 6.62. The number of benzene rings is 2. The van der Waals surface area contributed by atoms with E-state index in [0.29, 0.717) is 18.9 Å². The van der Waals surface area contributed by atoms with Crippen molar-refractivity contribution in [2.75, 3.05) is 29.9 Å². The average Bonchev–Trinajstić information content (AvgIpc) is 2.72. The zero-order valence-corrected chi connectivity index (χ0v) is 20.2. The van der Waals surface area contributed by atoms with Crippen LogP contribution in [0.2, 0.25) is 0 Å². The second-order valence-electron chi connectivity index (χ2n) is 8.28. The van der Waals surface area contributed by atoms with Crippen LogP contribution in [0, 0.1) is 17.8 Å². The van der Waals surface area contributed by atoms with Gasteiger partial charge in [0.25, 0.3) is 10.0 Å². The van der Waals surface area contributed by atoms with Crippen molar-refractivity contribution >= 4 is 27.3 Å². The zero-order chi connectivity index (χ0) is 25.8. The summed E-state index contributed by atoms with van der Waals surface area (Å²) in [6, 6.07) is 8.55. The number of sulfonamides is 1. The van der Waals surface area contributed by atoms with Gasteiger partial charge in [-0.25, -0.2) is 8.42 Å². The third-order valence-corrected chi connectivity index (χ3v) is 6.83. The van der Waals surface area contributed by atoms with Crippen LogP contribution in [-0.2, 0) is 19.6 Å². The first-order chi connectivity index (χ1) is 16.4. The quantitative estimate of drug-likeness (QED) is 0.530. The molecule has 0 unspecified atom stereocenters. The molecule has 1 aliphatic heterocycles. The van der Waals surface area contributed by atoms with Gasteiger partial charge in [-0.15, -0.1) is 13.2 Å². The van der Waals surface area contributed by atoms with Crippen LogP contribution in [0.1, 0.15) is 20.8 Å². The lowest BCUT2D eigenvalue weighted by molar-refractivity contribution is -0.274. The first kappa shape index (κ1) is 26.6. The molecule has 35 heavy (non-hydrogen) atoms. The number of hydrogen-bond donors (Lipinski definition) is 2. The largest absolute Gasteiger partial charge is 0.573 e. The number of hydrogen-bond acceptors (Lipinski definition) is 6. The Balaban J connectivity index is 1.82. The topological polar surface area (TPSA) is 103 Å². The van der Waals surface area contributed by atoms with Crippen molar-refractivity contribution in [3.63, 3.8) is 0 Å². The summed E-state index contributed by atoms with van der Waals surface area (Å²) in [7, 11) is -4.25. The molecule has 192 valence electrons. The van der Waals surface area contributed by atoms with E-state index in [0.717, 1.165) is 12.1 Å². The van der Waals surface area contributed by atoms with E-state index in [9.17, 15) is 26.4 Å². The second-order valence-corrected chi connectivity index (χ2v) is 9.93. The number of carbonyl (C=O) groups excluding carboxylic acids is 1. The Morgan fingerprint density at radius 1 is 1.09 bits per heavy atom. The van der Waals surface area contributed by atoms with Crippen molar-refractivity contribution in [2.24, 2.45) is 17.8 Å². The van der Waals surface area contributed by atoms with Gasteiger partial charge in [0.2, 0.25) is 5.91 Å². The summed E-state index contributed by atoms with van der Waals surface area (Å²) in [5.74, 6) is -1.02. The molecule has 2 N–H and O–H groups in total. The number of ether oxygens (including phenoxy) is 3. The van der Waals surface area contributed by atoms with Crippen molar-refractivity contribution in [2.45, 2.75) is 32.0 Å². The highest BCUT2D eigenvalue weighted by Gasteiger charge is 2.34. The molecule has 0 bridgehead atoms. The molecule has 0 spiro atoms. The fourth-order valence-electron chi connectivity index (χ4n) is 3.99. The summed E-state index contributed by atoms with van der Waals surface area (Å²) in [5, 5.41) is 2.82. The lowest BCUT2D eigenvalue weighted by Gasteiger charge is -2.33. The van der Waals surface area contributed by atoms with Crippen LogP contribution in [-0.4, -0.2) is 40.5 Å². The highest BCUT2D eigenvalue weighted by atomic mass is 32.2. The van der Waals surface area contributed by atoms with E-state index in [1.54, 1.807) is 6.92 Å². The summed E-state index contributed by atoms with van der Waals surface area (Å²) < 4.78 is 80.5. The van der Waals surface area contributed by atoms with Crippen molar-refractivity contribution in [3.05, 3.63) is 42.5 Å². The van der Waals surface area contributed by atoms with Crippen molar-refractivity contribution in [3.8, 4) is 11.5 Å². The van der Waals surface area contributed by atoms with E-state index in [-0.39, 0.29) is 46.6 Å². The van der Waals surface area contributed by atoms with Crippen LogP contribution in [0.5, 0.6) is 11.5 Å². The summed E-state index contributed by atoms with van der Waals surface area (Å²) >= 11 is 0. The molecule has 1 heterocycles. The van der Waals surface area contributed by atoms with Gasteiger partial charge >= 0.3 is 6.36 Å². The Morgan fingerprint density at radius 2 is 1.77 bits per heavy atom. The molecule has 1 aliphatic rings. The fourth-order valence-corrected chi connectivity index (χ4v) is 5.17. The molecule has 1 saturated heterocycles. The van der Waals surface area contributed by atoms with Crippen molar-refractivity contribution < 1.29 is 40.6 Å². The molecule has 3 atom stereocenters. The Hall–Kier alpha value is -2.99. The van der Waals surface area contributed by atoms with Gasteiger partial charge in [-0.05, 0) is 43.0 Å². The number of alkyl halides is 3. The predicted molar refractivity (Wildman–Crippen MR) is 123 cm³/mol. The Morgan fingerprint density at radius 3 is 2.40 bits per heavy atom. The second kappa shape index (κ2) is 10.7. The van der Waals surface area contributed by atoms with E-state index in [4.69, 9.17) is 9.47 Å². The summed E-state index contributed by atoms with van der Waals surface area (Å²) in [5.41, 5.74) is 0.220. The Bertz CT molecular complexity index is 1150. The fraction of sp³-hybridized carbons (Fsp3) is 0.435. The molecule has 1 fully saturated rings. The standard InChI is InChI=1S/C23H27F3N2O6S/c1-4-33-19-11-16(27-22(29)21-14(2)12-32-13-15(21)3)8-9-20(19)35(30,31)28-17-6-5-7-18(10-17)34-23(24,25)26/h5-11,14-15,21,28H,4,12-13H2,1-3H3,(H,27,29)/t14-,15+,21+. The van der Waals surface area contributed by atoms with Crippen LogP contribution in [0.25, 0.3) is 0 Å². The first-order valence-electron chi connectivity index (χ1n) is 10.9. The Labute approximate surface area is 201 Å². The van der Waals surface area contributed by atoms with Gasteiger partial charge in [-0.3, -0.25) is 9.52 Å². The molecule has 3 rings (SSSR count). The van der Waals surface area contributed by atoms with Crippen LogP contribution >= 0.6 is 0 Å². The molecule has 2 aromatic carbocycles. The molecule has 0 saturated carbocycles. The third-order valence-electron chi connectivity index (χ3n) is 5.41. The highest BCUT2D eigenvalue weighted by Crippen LogP contribution is 2.33. The molecule has 0 aromatic heterocycles. The molecule has 0 radical (unpaired) electrons. The summed E-state index contributed by atoms with van der Waals surface area (Å²) in [4.78, 5) is 12.6. The smallest absolute Gasteiger partial charge is 0.492 e. The zero-order valence-electron chi connectivity index (χ0n) is 19.4. The van der Waals surface area contributed by atoms with Gasteiger partial charge in [0.05, 0.1) is 12.3 Å². The number of rotatable bonds is 8. The maximum atomic E-state index is 13.0. The van der Waals surface area contributed by atoms with Crippen LogP contribution < -0.4 is 19.5 Å². The predicted octanol–water partition coefficient (Wildman–Crippen LogP) is 4.64. The van der Waals surface area contributed by atoms with Crippen molar-refractivity contribution in [1.82, 2.24) is 0 Å². The number of amides is 1. The van der Waals surface area contributed by atoms with E-state index < -0.39 is 22.1 Å². The van der Waals surface area contributed by atoms with Gasteiger partial charge in [0, 0.05) is 37.0 Å². The first-order valence-corrected chi connectivity index (χ1v) is 12.4. The van der Waals surface area contributed by atoms with E-state index >= 15 is 0 Å². The van der Waals surface area contributed by atoms with Crippen LogP contribution in [0.3, 0.4) is 0 Å². The minimum absolute atomic E-state index is 0.0195. The minimum Gasteiger partial charge on any atom is -0.492 e. The molecule has 8 nitrogen and oxygen atoms in total. The van der Waals surface area contributed by atoms with E-state index in [2.05, 4.69) is 14.8 Å². The number of halogens is 3. The van der Waals surface area contributed by atoms with Gasteiger partial charge < -0.3 is 19.5 Å². The lowest BCUT2D eigenvalue weighted by Crippen LogP contribution is -2.40.